The van der Waals surface area contributed by atoms with Gasteiger partial charge in [0.1, 0.15) is 12.4 Å². The third-order valence-corrected chi connectivity index (χ3v) is 12.1. The maximum absolute atomic E-state index is 14.8. The average molecular weight is 570 g/mol. The molecular formula is C25H32FN3O7S2. The van der Waals surface area contributed by atoms with Gasteiger partial charge in [-0.15, -0.1) is 0 Å². The molecule has 5 rings (SSSR count). The molecule has 1 saturated heterocycles. The van der Waals surface area contributed by atoms with Crippen molar-refractivity contribution in [1.29, 1.82) is 0 Å². The molecular weight excluding hydrogens is 537 g/mol. The van der Waals surface area contributed by atoms with E-state index in [1.807, 2.05) is 13.8 Å². The van der Waals surface area contributed by atoms with Crippen LogP contribution in [0.15, 0.2) is 29.4 Å². The fourth-order valence-electron chi connectivity index (χ4n) is 5.04. The second-order valence-corrected chi connectivity index (χ2v) is 14.5. The van der Waals surface area contributed by atoms with Crippen LogP contribution in [0, 0.1) is 5.82 Å². The van der Waals surface area contributed by atoms with Crippen LogP contribution < -0.4 is 14.2 Å². The molecule has 10 nitrogen and oxygen atoms in total. The van der Waals surface area contributed by atoms with Crippen molar-refractivity contribution in [3.63, 3.8) is 0 Å². The van der Waals surface area contributed by atoms with Crippen molar-refractivity contribution in [3.05, 3.63) is 30.3 Å². The maximum Gasteiger partial charge on any atom is 0.270 e. The van der Waals surface area contributed by atoms with Crippen molar-refractivity contribution in [2.45, 2.75) is 92.4 Å². The first-order valence-electron chi connectivity index (χ1n) is 12.9. The molecule has 1 aliphatic heterocycles. The summed E-state index contributed by atoms with van der Waals surface area (Å²) in [6.07, 6.45) is 5.05. The molecule has 208 valence electrons. The summed E-state index contributed by atoms with van der Waals surface area (Å²) in [5.41, 5.74) is 0. The van der Waals surface area contributed by atoms with Gasteiger partial charge in [0.15, 0.2) is 21.4 Å². The van der Waals surface area contributed by atoms with Crippen molar-refractivity contribution in [2.24, 2.45) is 0 Å². The summed E-state index contributed by atoms with van der Waals surface area (Å²) < 4.78 is 84.6. The van der Waals surface area contributed by atoms with Gasteiger partial charge in [-0.25, -0.2) is 21.2 Å². The standard InChI is InChI=1S/C25H32FN3O7S2/c1-4-16-12-17(11-15(2)29(16)38(32,33)19-7-8-19)35-24-23(34-3)25(28-14-27-24)36-22-10-9-20(13-21(22)26)37(30,31)18-5-6-18/h9-10,13-19H,4-8,11-12H2,1-3H3/t15-,16?,17+/m0/s1. The fraction of sp³-hybridized carbons (Fsp3) is 0.600. The van der Waals surface area contributed by atoms with Gasteiger partial charge >= 0.3 is 0 Å². The predicted molar refractivity (Wildman–Crippen MR) is 136 cm³/mol. The minimum Gasteiger partial charge on any atom is -0.487 e. The van der Waals surface area contributed by atoms with E-state index in [4.69, 9.17) is 14.2 Å². The number of sulfonamides is 1. The highest BCUT2D eigenvalue weighted by Gasteiger charge is 2.47. The summed E-state index contributed by atoms with van der Waals surface area (Å²) in [7, 11) is -5.50. The van der Waals surface area contributed by atoms with Crippen LogP contribution in [0.3, 0.4) is 0 Å². The average Bonchev–Trinajstić information content (AvgIpc) is 3.77. The number of benzene rings is 1. The van der Waals surface area contributed by atoms with Gasteiger partial charge in [0.25, 0.3) is 11.8 Å². The van der Waals surface area contributed by atoms with Crippen LogP contribution >= 0.6 is 0 Å². The zero-order chi connectivity index (χ0) is 27.2. The quantitative estimate of drug-likeness (QED) is 0.419. The summed E-state index contributed by atoms with van der Waals surface area (Å²) >= 11 is 0. The van der Waals surface area contributed by atoms with Crippen LogP contribution in [0.25, 0.3) is 0 Å². The first-order chi connectivity index (χ1) is 18.1. The van der Waals surface area contributed by atoms with Gasteiger partial charge in [0.2, 0.25) is 15.8 Å². The highest BCUT2D eigenvalue weighted by atomic mass is 32.2. The lowest BCUT2D eigenvalue weighted by Crippen LogP contribution is -2.54. The van der Waals surface area contributed by atoms with Gasteiger partial charge in [-0.3, -0.25) is 0 Å². The molecule has 38 heavy (non-hydrogen) atoms. The second kappa shape index (κ2) is 10.2. The van der Waals surface area contributed by atoms with Gasteiger partial charge in [0, 0.05) is 24.9 Å². The van der Waals surface area contributed by atoms with Crippen molar-refractivity contribution in [1.82, 2.24) is 14.3 Å². The van der Waals surface area contributed by atoms with E-state index in [2.05, 4.69) is 9.97 Å². The molecule has 0 spiro atoms. The number of rotatable bonds is 10. The first kappa shape index (κ1) is 27.1. The highest BCUT2D eigenvalue weighted by Crippen LogP contribution is 2.41. The first-order valence-corrected chi connectivity index (χ1v) is 15.9. The van der Waals surface area contributed by atoms with Crippen LogP contribution in [-0.2, 0) is 19.9 Å². The molecule has 0 N–H and O–H groups in total. The largest absolute Gasteiger partial charge is 0.487 e. The number of ether oxygens (including phenoxy) is 3. The Labute approximate surface area is 222 Å². The third kappa shape index (κ3) is 5.20. The Morgan fingerprint density at radius 1 is 1.03 bits per heavy atom. The van der Waals surface area contributed by atoms with E-state index in [1.165, 1.54) is 25.6 Å². The predicted octanol–water partition coefficient (Wildman–Crippen LogP) is 3.86. The number of piperidine rings is 1. The Hall–Kier alpha value is -2.51. The van der Waals surface area contributed by atoms with Gasteiger partial charge < -0.3 is 14.2 Å². The van der Waals surface area contributed by atoms with Gasteiger partial charge in [-0.2, -0.15) is 14.3 Å². The molecule has 0 amide bonds. The minimum atomic E-state index is -3.55. The Balaban J connectivity index is 1.34. The van der Waals surface area contributed by atoms with Crippen LogP contribution in [0.1, 0.15) is 58.8 Å². The number of aromatic nitrogens is 2. The van der Waals surface area contributed by atoms with E-state index >= 15 is 0 Å². The van der Waals surface area contributed by atoms with Crippen molar-refractivity contribution < 1.29 is 35.4 Å². The summed E-state index contributed by atoms with van der Waals surface area (Å²) in [4.78, 5) is 8.15. The van der Waals surface area contributed by atoms with E-state index in [0.717, 1.165) is 6.07 Å². The van der Waals surface area contributed by atoms with Gasteiger partial charge in [0.05, 0.1) is 22.5 Å². The van der Waals surface area contributed by atoms with Crippen molar-refractivity contribution >= 4 is 19.9 Å². The van der Waals surface area contributed by atoms with E-state index in [9.17, 15) is 21.2 Å². The molecule has 1 aromatic heterocycles. The normalized spacial score (nSPS) is 24.7. The molecule has 2 saturated carbocycles. The lowest BCUT2D eigenvalue weighted by Gasteiger charge is -2.42. The van der Waals surface area contributed by atoms with E-state index in [1.54, 1.807) is 4.31 Å². The van der Waals surface area contributed by atoms with Gasteiger partial charge in [-0.05, 0) is 57.2 Å². The van der Waals surface area contributed by atoms with Crippen LogP contribution in [-0.4, -0.2) is 66.9 Å². The molecule has 2 heterocycles. The maximum atomic E-state index is 14.8. The zero-order valence-corrected chi connectivity index (χ0v) is 23.2. The monoisotopic (exact) mass is 569 g/mol. The van der Waals surface area contributed by atoms with Crippen LogP contribution in [0.5, 0.6) is 23.3 Å². The lowest BCUT2D eigenvalue weighted by atomic mass is 9.95. The number of hydrogen-bond acceptors (Lipinski definition) is 9. The second-order valence-electron chi connectivity index (χ2n) is 10.2. The summed E-state index contributed by atoms with van der Waals surface area (Å²) in [5.74, 6) is -1.02. The van der Waals surface area contributed by atoms with Crippen molar-refractivity contribution in [2.75, 3.05) is 7.11 Å². The van der Waals surface area contributed by atoms with Crippen LogP contribution in [0.2, 0.25) is 0 Å². The van der Waals surface area contributed by atoms with Crippen molar-refractivity contribution in [3.8, 4) is 23.3 Å². The molecule has 0 radical (unpaired) electrons. The summed E-state index contributed by atoms with van der Waals surface area (Å²) in [6.45, 7) is 3.85. The molecule has 3 fully saturated rings. The van der Waals surface area contributed by atoms with Gasteiger partial charge in [-0.1, -0.05) is 6.92 Å². The third-order valence-electron chi connectivity index (χ3n) is 7.27. The minimum absolute atomic E-state index is 0.0512. The molecule has 1 aromatic carbocycles. The molecule has 13 heteroatoms. The molecule has 2 aromatic rings. The Bertz CT molecular complexity index is 1410. The SMILES string of the molecule is CCC1C[C@H](Oc2ncnc(Oc3ccc(S(=O)(=O)C4CC4)cc3F)c2OC)C[C@H](C)N1S(=O)(=O)C1CC1. The Morgan fingerprint density at radius 2 is 1.71 bits per heavy atom. The number of nitrogens with zero attached hydrogens (tertiary/aromatic N) is 3. The van der Waals surface area contributed by atoms with E-state index in [0.29, 0.717) is 44.9 Å². The molecule has 3 atom stereocenters. The number of halogens is 1. The highest BCUT2D eigenvalue weighted by molar-refractivity contribution is 7.92. The molecule has 0 bridgehead atoms. The zero-order valence-electron chi connectivity index (χ0n) is 21.5. The number of hydrogen-bond donors (Lipinski definition) is 0. The Morgan fingerprint density at radius 3 is 2.32 bits per heavy atom. The topological polar surface area (TPSA) is 125 Å². The molecule has 2 aliphatic carbocycles. The Kier molecular flexibility index (Phi) is 7.29. The lowest BCUT2D eigenvalue weighted by molar-refractivity contribution is 0.0621. The summed E-state index contributed by atoms with van der Waals surface area (Å²) in [6, 6.07) is 3.07. The van der Waals surface area contributed by atoms with E-state index in [-0.39, 0.29) is 51.6 Å². The smallest absolute Gasteiger partial charge is 0.270 e. The number of methoxy groups -OCH3 is 1. The fourth-order valence-corrected chi connectivity index (χ4v) is 9.02. The molecule has 3 aliphatic rings. The van der Waals surface area contributed by atoms with Crippen LogP contribution in [0.4, 0.5) is 4.39 Å². The van der Waals surface area contributed by atoms with E-state index < -0.39 is 30.9 Å². The number of sulfone groups is 1. The molecule has 1 unspecified atom stereocenters. The summed E-state index contributed by atoms with van der Waals surface area (Å²) in [5, 5.41) is -0.729.